The van der Waals surface area contributed by atoms with Gasteiger partial charge >= 0.3 is 6.09 Å². The average molecular weight is 464 g/mol. The summed E-state index contributed by atoms with van der Waals surface area (Å²) in [5, 5.41) is 2.75. The Morgan fingerprint density at radius 1 is 1.03 bits per heavy atom. The maximum atomic E-state index is 13.4. The predicted octanol–water partition coefficient (Wildman–Crippen LogP) is 2.48. The van der Waals surface area contributed by atoms with Crippen LogP contribution in [0.15, 0.2) is 54.6 Å². The van der Waals surface area contributed by atoms with E-state index in [1.807, 2.05) is 54.6 Å². The van der Waals surface area contributed by atoms with Crippen LogP contribution < -0.4 is 11.1 Å². The minimum absolute atomic E-state index is 0.0643. The number of nitrogens with one attached hydrogen (secondary N) is 1. The van der Waals surface area contributed by atoms with Crippen molar-refractivity contribution in [1.82, 2.24) is 10.2 Å². The Morgan fingerprint density at radius 2 is 1.74 bits per heavy atom. The van der Waals surface area contributed by atoms with Gasteiger partial charge in [-0.2, -0.15) is 0 Å². The average Bonchev–Trinajstić information content (AvgIpc) is 2.85. The van der Waals surface area contributed by atoms with Crippen LogP contribution in [0.3, 0.4) is 0 Å². The lowest BCUT2D eigenvalue weighted by atomic mass is 9.82. The number of hydrogen-bond donors (Lipinski definition) is 2. The fourth-order valence-corrected chi connectivity index (χ4v) is 4.76. The van der Waals surface area contributed by atoms with Gasteiger partial charge in [0.15, 0.2) is 0 Å². The maximum Gasteiger partial charge on any atom is 0.411 e. The van der Waals surface area contributed by atoms with Gasteiger partial charge in [-0.25, -0.2) is 4.79 Å². The highest BCUT2D eigenvalue weighted by Crippen LogP contribution is 2.27. The number of primary amides is 1. The highest BCUT2D eigenvalue weighted by molar-refractivity contribution is 5.92. The molecule has 0 unspecified atom stereocenters. The van der Waals surface area contributed by atoms with Gasteiger partial charge in [0, 0.05) is 19.3 Å². The van der Waals surface area contributed by atoms with Crippen molar-refractivity contribution in [2.45, 2.75) is 57.3 Å². The summed E-state index contributed by atoms with van der Waals surface area (Å²) < 4.78 is 5.52. The summed E-state index contributed by atoms with van der Waals surface area (Å²) in [7, 11) is 0. The molecule has 1 aliphatic carbocycles. The van der Waals surface area contributed by atoms with Crippen molar-refractivity contribution in [3.63, 3.8) is 0 Å². The SMILES string of the molecule is NC(=O)[C@@H](NC(=O)[C@@H]1Cc2ccccc2CN1C(=O)OCc1ccccc1)[C@@H]1CCCC(=O)C1. The van der Waals surface area contributed by atoms with Crippen LogP contribution in [-0.4, -0.2) is 40.7 Å². The quantitative estimate of drug-likeness (QED) is 0.682. The number of benzene rings is 2. The molecular weight excluding hydrogens is 434 g/mol. The molecule has 1 aliphatic heterocycles. The van der Waals surface area contributed by atoms with Crippen molar-refractivity contribution < 1.29 is 23.9 Å². The van der Waals surface area contributed by atoms with Gasteiger partial charge in [-0.3, -0.25) is 19.3 Å². The van der Waals surface area contributed by atoms with E-state index in [2.05, 4.69) is 5.32 Å². The van der Waals surface area contributed by atoms with Crippen LogP contribution in [0.5, 0.6) is 0 Å². The molecule has 4 rings (SSSR count). The zero-order valence-corrected chi connectivity index (χ0v) is 18.9. The molecule has 0 saturated heterocycles. The molecule has 1 fully saturated rings. The predicted molar refractivity (Wildman–Crippen MR) is 124 cm³/mol. The van der Waals surface area contributed by atoms with E-state index in [1.165, 1.54) is 4.90 Å². The number of carbonyl (C=O) groups excluding carboxylic acids is 4. The lowest BCUT2D eigenvalue weighted by Crippen LogP contribution is -2.58. The summed E-state index contributed by atoms with van der Waals surface area (Å²) in [5.74, 6) is -1.43. The Labute approximate surface area is 198 Å². The minimum atomic E-state index is -0.962. The molecule has 0 spiro atoms. The highest BCUT2D eigenvalue weighted by atomic mass is 16.6. The second kappa shape index (κ2) is 10.5. The van der Waals surface area contributed by atoms with Gasteiger partial charge in [-0.15, -0.1) is 0 Å². The standard InChI is InChI=1S/C26H29N3O5/c27-24(31)23(19-11-6-12-21(30)13-19)28-25(32)22-14-18-9-4-5-10-20(18)15-29(22)26(33)34-16-17-7-2-1-3-8-17/h1-5,7-10,19,22-23H,6,11-16H2,(H2,27,31)(H,28,32)/t19-,22+,23+/m1/s1. The van der Waals surface area contributed by atoms with E-state index < -0.39 is 30.0 Å². The minimum Gasteiger partial charge on any atom is -0.445 e. The van der Waals surface area contributed by atoms with Crippen molar-refractivity contribution in [2.24, 2.45) is 11.7 Å². The summed E-state index contributed by atoms with van der Waals surface area (Å²) in [6.45, 7) is 0.297. The molecule has 1 saturated carbocycles. The highest BCUT2D eigenvalue weighted by Gasteiger charge is 2.39. The van der Waals surface area contributed by atoms with Crippen molar-refractivity contribution in [1.29, 1.82) is 0 Å². The van der Waals surface area contributed by atoms with Crippen LogP contribution in [0.25, 0.3) is 0 Å². The summed E-state index contributed by atoms with van der Waals surface area (Å²) in [6.07, 6.45) is 1.67. The Kier molecular flexibility index (Phi) is 7.25. The van der Waals surface area contributed by atoms with Crippen molar-refractivity contribution >= 4 is 23.7 Å². The number of carbonyl (C=O) groups is 4. The van der Waals surface area contributed by atoms with Crippen LogP contribution in [0.2, 0.25) is 0 Å². The van der Waals surface area contributed by atoms with Gasteiger partial charge in [0.05, 0.1) is 6.54 Å². The molecule has 0 radical (unpaired) electrons. The molecule has 0 aromatic heterocycles. The number of nitrogens with two attached hydrogens (primary N) is 1. The van der Waals surface area contributed by atoms with Gasteiger partial charge in [-0.05, 0) is 35.4 Å². The second-order valence-electron chi connectivity index (χ2n) is 8.94. The molecule has 1 heterocycles. The molecule has 3 N–H and O–H groups in total. The first-order valence-corrected chi connectivity index (χ1v) is 11.6. The van der Waals surface area contributed by atoms with E-state index in [4.69, 9.17) is 10.5 Å². The fraction of sp³-hybridized carbons (Fsp3) is 0.385. The van der Waals surface area contributed by atoms with Crippen molar-refractivity contribution in [2.75, 3.05) is 0 Å². The molecule has 34 heavy (non-hydrogen) atoms. The molecular formula is C26H29N3O5. The van der Waals surface area contributed by atoms with E-state index in [-0.39, 0.29) is 37.7 Å². The third-order valence-corrected chi connectivity index (χ3v) is 6.59. The van der Waals surface area contributed by atoms with Crippen molar-refractivity contribution in [3.8, 4) is 0 Å². The smallest absolute Gasteiger partial charge is 0.411 e. The summed E-state index contributed by atoms with van der Waals surface area (Å²) in [6, 6.07) is 15.1. The van der Waals surface area contributed by atoms with Crippen LogP contribution in [-0.2, 0) is 38.7 Å². The van der Waals surface area contributed by atoms with E-state index in [0.29, 0.717) is 19.3 Å². The Balaban J connectivity index is 1.52. The van der Waals surface area contributed by atoms with Crippen LogP contribution in [0.1, 0.15) is 42.4 Å². The fourth-order valence-electron chi connectivity index (χ4n) is 4.76. The number of ketones is 1. The lowest BCUT2D eigenvalue weighted by Gasteiger charge is -2.36. The van der Waals surface area contributed by atoms with Gasteiger partial charge in [0.1, 0.15) is 24.5 Å². The van der Waals surface area contributed by atoms with Crippen LogP contribution in [0, 0.1) is 5.92 Å². The van der Waals surface area contributed by atoms with E-state index >= 15 is 0 Å². The van der Waals surface area contributed by atoms with E-state index in [9.17, 15) is 19.2 Å². The topological polar surface area (TPSA) is 119 Å². The van der Waals surface area contributed by atoms with Crippen LogP contribution in [0.4, 0.5) is 4.79 Å². The van der Waals surface area contributed by atoms with Crippen molar-refractivity contribution in [3.05, 3.63) is 71.3 Å². The third-order valence-electron chi connectivity index (χ3n) is 6.59. The number of rotatable bonds is 6. The monoisotopic (exact) mass is 463 g/mol. The number of nitrogens with zero attached hydrogens (tertiary/aromatic N) is 1. The Morgan fingerprint density at radius 3 is 2.44 bits per heavy atom. The molecule has 2 aromatic carbocycles. The summed E-state index contributed by atoms with van der Waals surface area (Å²) in [4.78, 5) is 51.9. The number of amides is 3. The van der Waals surface area contributed by atoms with E-state index in [1.54, 1.807) is 0 Å². The number of hydrogen-bond acceptors (Lipinski definition) is 5. The molecule has 8 nitrogen and oxygen atoms in total. The van der Waals surface area contributed by atoms with Gasteiger partial charge < -0.3 is 15.8 Å². The van der Waals surface area contributed by atoms with Crippen LogP contribution >= 0.6 is 0 Å². The summed E-state index contributed by atoms with van der Waals surface area (Å²) in [5.41, 5.74) is 8.34. The molecule has 3 amide bonds. The maximum absolute atomic E-state index is 13.4. The molecule has 8 heteroatoms. The molecule has 2 aromatic rings. The molecule has 3 atom stereocenters. The zero-order valence-electron chi connectivity index (χ0n) is 18.9. The normalized spacial score (nSPS) is 20.7. The zero-order chi connectivity index (χ0) is 24.1. The third kappa shape index (κ3) is 5.44. The second-order valence-corrected chi connectivity index (χ2v) is 8.94. The van der Waals surface area contributed by atoms with Gasteiger partial charge in [0.2, 0.25) is 11.8 Å². The first-order chi connectivity index (χ1) is 16.4. The van der Waals surface area contributed by atoms with Gasteiger partial charge in [-0.1, -0.05) is 54.6 Å². The molecule has 0 bridgehead atoms. The number of fused-ring (bicyclic) bond motifs is 1. The van der Waals surface area contributed by atoms with Gasteiger partial charge in [0.25, 0.3) is 0 Å². The number of Topliss-reactive ketones (excluding diaryl/α,β-unsaturated/α-hetero) is 1. The Hall–Kier alpha value is -3.68. The Bertz CT molecular complexity index is 1070. The molecule has 2 aliphatic rings. The largest absolute Gasteiger partial charge is 0.445 e. The molecule has 178 valence electrons. The lowest BCUT2D eigenvalue weighted by molar-refractivity contribution is -0.133. The number of ether oxygens (including phenoxy) is 1. The first kappa shape index (κ1) is 23.5. The summed E-state index contributed by atoms with van der Waals surface area (Å²) >= 11 is 0. The van der Waals surface area contributed by atoms with E-state index in [0.717, 1.165) is 16.7 Å². The first-order valence-electron chi connectivity index (χ1n) is 11.6.